The fourth-order valence-electron chi connectivity index (χ4n) is 2.56. The summed E-state index contributed by atoms with van der Waals surface area (Å²) < 4.78 is 5.77. The maximum Gasteiger partial charge on any atom is 0.168 e. The van der Waals surface area contributed by atoms with Crippen LogP contribution in [0.3, 0.4) is 0 Å². The Morgan fingerprint density at radius 2 is 2.00 bits per heavy atom. The Balaban J connectivity index is 1.81. The molecule has 1 saturated heterocycles. The van der Waals surface area contributed by atoms with Gasteiger partial charge in [-0.1, -0.05) is 12.8 Å². The molecule has 2 heterocycles. The standard InChI is InChI=1S/C16H27N3O/c1-14(2)20-15-8-7-9-17-16(15)18-10-13-19-11-5-3-4-6-12-19/h7-9,14H,3-6,10-13H2,1-2H3,(H,17,18). The molecule has 0 aromatic carbocycles. The van der Waals surface area contributed by atoms with Crippen LogP contribution < -0.4 is 10.1 Å². The van der Waals surface area contributed by atoms with Crippen molar-refractivity contribution in [3.63, 3.8) is 0 Å². The molecular weight excluding hydrogens is 250 g/mol. The first-order valence-electron chi connectivity index (χ1n) is 7.83. The molecule has 0 saturated carbocycles. The maximum absolute atomic E-state index is 5.77. The molecule has 1 aliphatic rings. The van der Waals surface area contributed by atoms with E-state index in [9.17, 15) is 0 Å². The molecule has 2 rings (SSSR count). The van der Waals surface area contributed by atoms with Gasteiger partial charge < -0.3 is 15.0 Å². The summed E-state index contributed by atoms with van der Waals surface area (Å²) >= 11 is 0. The van der Waals surface area contributed by atoms with Crippen molar-refractivity contribution in [3.8, 4) is 5.75 Å². The lowest BCUT2D eigenvalue weighted by molar-refractivity contribution is 0.242. The number of nitrogens with zero attached hydrogens (tertiary/aromatic N) is 2. The highest BCUT2D eigenvalue weighted by Crippen LogP contribution is 2.21. The number of ether oxygens (including phenoxy) is 1. The summed E-state index contributed by atoms with van der Waals surface area (Å²) in [6.07, 6.45) is 7.43. The number of hydrogen-bond donors (Lipinski definition) is 1. The first kappa shape index (κ1) is 15.1. The molecule has 20 heavy (non-hydrogen) atoms. The molecule has 0 bridgehead atoms. The Morgan fingerprint density at radius 3 is 2.70 bits per heavy atom. The average molecular weight is 277 g/mol. The Bertz CT molecular complexity index is 387. The van der Waals surface area contributed by atoms with E-state index in [0.717, 1.165) is 24.7 Å². The van der Waals surface area contributed by atoms with Crippen molar-refractivity contribution in [2.75, 3.05) is 31.5 Å². The third-order valence-corrected chi connectivity index (χ3v) is 3.55. The number of likely N-dealkylation sites (tertiary alicyclic amines) is 1. The Labute approximate surface area is 122 Å². The number of nitrogens with one attached hydrogen (secondary N) is 1. The molecule has 0 radical (unpaired) electrons. The summed E-state index contributed by atoms with van der Waals surface area (Å²) in [6, 6.07) is 3.89. The van der Waals surface area contributed by atoms with Crippen LogP contribution in [0.4, 0.5) is 5.82 Å². The van der Waals surface area contributed by atoms with Crippen LogP contribution in [-0.4, -0.2) is 42.2 Å². The van der Waals surface area contributed by atoms with Gasteiger partial charge in [-0.15, -0.1) is 0 Å². The number of hydrogen-bond acceptors (Lipinski definition) is 4. The average Bonchev–Trinajstić information content (AvgIpc) is 2.69. The SMILES string of the molecule is CC(C)Oc1cccnc1NCCN1CCCCCC1. The van der Waals surface area contributed by atoms with Gasteiger partial charge in [0.1, 0.15) is 0 Å². The minimum absolute atomic E-state index is 0.172. The first-order chi connectivity index (χ1) is 9.75. The van der Waals surface area contributed by atoms with Crippen molar-refractivity contribution in [3.05, 3.63) is 18.3 Å². The van der Waals surface area contributed by atoms with E-state index in [2.05, 4.69) is 15.2 Å². The summed E-state index contributed by atoms with van der Waals surface area (Å²) in [5, 5.41) is 3.41. The van der Waals surface area contributed by atoms with Gasteiger partial charge in [0.15, 0.2) is 11.6 Å². The zero-order chi connectivity index (χ0) is 14.2. The predicted molar refractivity (Wildman–Crippen MR) is 83.4 cm³/mol. The van der Waals surface area contributed by atoms with Crippen LogP contribution in [0.5, 0.6) is 5.75 Å². The summed E-state index contributed by atoms with van der Waals surface area (Å²) in [6.45, 7) is 8.55. The second kappa shape index (κ2) is 8.10. The lowest BCUT2D eigenvalue weighted by Gasteiger charge is -2.20. The first-order valence-corrected chi connectivity index (χ1v) is 7.83. The van der Waals surface area contributed by atoms with E-state index in [4.69, 9.17) is 4.74 Å². The van der Waals surface area contributed by atoms with Gasteiger partial charge in [0, 0.05) is 19.3 Å². The maximum atomic E-state index is 5.77. The summed E-state index contributed by atoms with van der Waals surface area (Å²) in [4.78, 5) is 6.93. The second-order valence-corrected chi connectivity index (χ2v) is 5.70. The van der Waals surface area contributed by atoms with Gasteiger partial charge in [-0.25, -0.2) is 4.98 Å². The lowest BCUT2D eigenvalue weighted by Crippen LogP contribution is -2.30. The van der Waals surface area contributed by atoms with E-state index in [1.807, 2.05) is 26.0 Å². The smallest absolute Gasteiger partial charge is 0.168 e. The molecule has 0 amide bonds. The van der Waals surface area contributed by atoms with Gasteiger partial charge >= 0.3 is 0 Å². The number of rotatable bonds is 6. The zero-order valence-corrected chi connectivity index (χ0v) is 12.8. The van der Waals surface area contributed by atoms with E-state index in [1.54, 1.807) is 6.20 Å². The van der Waals surface area contributed by atoms with E-state index in [0.29, 0.717) is 0 Å². The summed E-state index contributed by atoms with van der Waals surface area (Å²) in [7, 11) is 0. The van der Waals surface area contributed by atoms with Crippen molar-refractivity contribution in [2.24, 2.45) is 0 Å². The topological polar surface area (TPSA) is 37.4 Å². The van der Waals surface area contributed by atoms with Crippen LogP contribution >= 0.6 is 0 Å². The number of pyridine rings is 1. The Morgan fingerprint density at radius 1 is 1.25 bits per heavy atom. The highest BCUT2D eigenvalue weighted by Gasteiger charge is 2.10. The highest BCUT2D eigenvalue weighted by atomic mass is 16.5. The molecule has 1 aromatic heterocycles. The van der Waals surface area contributed by atoms with Gasteiger partial charge in [0.2, 0.25) is 0 Å². The molecule has 1 aromatic rings. The van der Waals surface area contributed by atoms with Gasteiger partial charge in [-0.05, 0) is 51.9 Å². The van der Waals surface area contributed by atoms with Gasteiger partial charge in [0.25, 0.3) is 0 Å². The monoisotopic (exact) mass is 277 g/mol. The second-order valence-electron chi connectivity index (χ2n) is 5.70. The predicted octanol–water partition coefficient (Wildman–Crippen LogP) is 3.16. The molecule has 4 heteroatoms. The molecule has 1 fully saturated rings. The third-order valence-electron chi connectivity index (χ3n) is 3.55. The molecule has 1 aliphatic heterocycles. The van der Waals surface area contributed by atoms with Gasteiger partial charge in [-0.2, -0.15) is 0 Å². The quantitative estimate of drug-likeness (QED) is 0.866. The van der Waals surface area contributed by atoms with E-state index in [1.165, 1.54) is 38.8 Å². The molecule has 0 aliphatic carbocycles. The van der Waals surface area contributed by atoms with Crippen LogP contribution in [0.25, 0.3) is 0 Å². The minimum Gasteiger partial charge on any atom is -0.487 e. The highest BCUT2D eigenvalue weighted by molar-refractivity contribution is 5.49. The van der Waals surface area contributed by atoms with Crippen LogP contribution in [-0.2, 0) is 0 Å². The largest absolute Gasteiger partial charge is 0.487 e. The van der Waals surface area contributed by atoms with Crippen LogP contribution in [0.2, 0.25) is 0 Å². The number of aromatic nitrogens is 1. The molecule has 4 nitrogen and oxygen atoms in total. The third kappa shape index (κ3) is 5.00. The molecule has 0 atom stereocenters. The molecular formula is C16H27N3O. The van der Waals surface area contributed by atoms with E-state index >= 15 is 0 Å². The minimum atomic E-state index is 0.172. The fraction of sp³-hybridized carbons (Fsp3) is 0.688. The molecule has 1 N–H and O–H groups in total. The van der Waals surface area contributed by atoms with E-state index in [-0.39, 0.29) is 6.10 Å². The molecule has 0 unspecified atom stereocenters. The van der Waals surface area contributed by atoms with Crippen LogP contribution in [0.1, 0.15) is 39.5 Å². The van der Waals surface area contributed by atoms with Crippen LogP contribution in [0, 0.1) is 0 Å². The molecule has 112 valence electrons. The van der Waals surface area contributed by atoms with Crippen molar-refractivity contribution >= 4 is 5.82 Å². The zero-order valence-electron chi connectivity index (χ0n) is 12.8. The van der Waals surface area contributed by atoms with Gasteiger partial charge in [-0.3, -0.25) is 0 Å². The number of anilines is 1. The van der Waals surface area contributed by atoms with Crippen LogP contribution in [0.15, 0.2) is 18.3 Å². The van der Waals surface area contributed by atoms with E-state index < -0.39 is 0 Å². The summed E-state index contributed by atoms with van der Waals surface area (Å²) in [5.41, 5.74) is 0. The normalized spacial score (nSPS) is 16.9. The molecule has 0 spiro atoms. The summed E-state index contributed by atoms with van der Waals surface area (Å²) in [5.74, 6) is 1.70. The Kier molecular flexibility index (Phi) is 6.12. The van der Waals surface area contributed by atoms with Crippen molar-refractivity contribution in [1.82, 2.24) is 9.88 Å². The van der Waals surface area contributed by atoms with Gasteiger partial charge in [0.05, 0.1) is 6.10 Å². The van der Waals surface area contributed by atoms with Crippen molar-refractivity contribution in [2.45, 2.75) is 45.6 Å². The fourth-order valence-corrected chi connectivity index (χ4v) is 2.56. The Hall–Kier alpha value is -1.29. The van der Waals surface area contributed by atoms with Crippen molar-refractivity contribution < 1.29 is 4.74 Å². The lowest BCUT2D eigenvalue weighted by atomic mass is 10.2. The van der Waals surface area contributed by atoms with Crippen molar-refractivity contribution in [1.29, 1.82) is 0 Å².